The van der Waals surface area contributed by atoms with Crippen LogP contribution in [0.5, 0.6) is 0 Å². The normalized spacial score (nSPS) is 10.1. The molecular weight excluding hydrogens is 294 g/mol. The van der Waals surface area contributed by atoms with E-state index in [9.17, 15) is 4.79 Å². The number of hydrogen-bond acceptors (Lipinski definition) is 3. The molecule has 92 valence electrons. The summed E-state index contributed by atoms with van der Waals surface area (Å²) in [5.41, 5.74) is 7.70. The smallest absolute Gasteiger partial charge is 0.256 e. The van der Waals surface area contributed by atoms with Gasteiger partial charge in [0.2, 0.25) is 0 Å². The number of pyridine rings is 1. The topological polar surface area (TPSA) is 68.0 Å². The standard InChI is InChI=1S/C13H12BrN3O/c1-8-3-2-4-10(12(8)14)13(18)17-9-5-6-11(15)16-7-9/h2-7H,1H3,(H2,15,16)(H,17,18). The van der Waals surface area contributed by atoms with Crippen LogP contribution in [0.3, 0.4) is 0 Å². The number of benzene rings is 1. The van der Waals surface area contributed by atoms with Crippen LogP contribution in [0.15, 0.2) is 41.0 Å². The van der Waals surface area contributed by atoms with Gasteiger partial charge in [0, 0.05) is 4.47 Å². The van der Waals surface area contributed by atoms with Crippen molar-refractivity contribution in [2.75, 3.05) is 11.1 Å². The molecule has 0 radical (unpaired) electrons. The van der Waals surface area contributed by atoms with Crippen LogP contribution < -0.4 is 11.1 Å². The van der Waals surface area contributed by atoms with Crippen molar-refractivity contribution in [3.63, 3.8) is 0 Å². The highest BCUT2D eigenvalue weighted by molar-refractivity contribution is 9.10. The number of aryl methyl sites for hydroxylation is 1. The van der Waals surface area contributed by atoms with Gasteiger partial charge in [-0.1, -0.05) is 12.1 Å². The van der Waals surface area contributed by atoms with Gasteiger partial charge >= 0.3 is 0 Å². The summed E-state index contributed by atoms with van der Waals surface area (Å²) in [6.07, 6.45) is 1.52. The first-order chi connectivity index (χ1) is 8.58. The number of aromatic nitrogens is 1. The average molecular weight is 306 g/mol. The largest absolute Gasteiger partial charge is 0.384 e. The predicted octanol–water partition coefficient (Wildman–Crippen LogP) is 2.99. The van der Waals surface area contributed by atoms with E-state index in [1.807, 2.05) is 19.1 Å². The molecule has 18 heavy (non-hydrogen) atoms. The molecular formula is C13H12BrN3O. The minimum Gasteiger partial charge on any atom is -0.384 e. The first-order valence-corrected chi connectivity index (χ1v) is 6.15. The van der Waals surface area contributed by atoms with Gasteiger partial charge in [-0.05, 0) is 46.6 Å². The van der Waals surface area contributed by atoms with E-state index in [1.165, 1.54) is 6.20 Å². The zero-order valence-electron chi connectivity index (χ0n) is 9.77. The Hall–Kier alpha value is -1.88. The lowest BCUT2D eigenvalue weighted by Crippen LogP contribution is -2.13. The lowest BCUT2D eigenvalue weighted by Gasteiger charge is -2.08. The molecule has 0 aliphatic rings. The molecule has 1 amide bonds. The lowest BCUT2D eigenvalue weighted by molar-refractivity contribution is 0.102. The third-order valence-corrected chi connectivity index (χ3v) is 3.53. The van der Waals surface area contributed by atoms with Crippen LogP contribution in [0.2, 0.25) is 0 Å². The van der Waals surface area contributed by atoms with Gasteiger partial charge in [-0.25, -0.2) is 4.98 Å². The monoisotopic (exact) mass is 305 g/mol. The summed E-state index contributed by atoms with van der Waals surface area (Å²) in [7, 11) is 0. The number of nitrogen functional groups attached to an aromatic ring is 1. The molecule has 2 aromatic rings. The van der Waals surface area contributed by atoms with Gasteiger partial charge < -0.3 is 11.1 Å². The maximum atomic E-state index is 12.1. The van der Waals surface area contributed by atoms with Gasteiger partial charge in [0.1, 0.15) is 5.82 Å². The van der Waals surface area contributed by atoms with Crippen LogP contribution >= 0.6 is 15.9 Å². The van der Waals surface area contributed by atoms with E-state index in [2.05, 4.69) is 26.2 Å². The number of hydrogen-bond donors (Lipinski definition) is 2. The molecule has 1 aromatic carbocycles. The number of carbonyl (C=O) groups is 1. The Morgan fingerprint density at radius 1 is 1.33 bits per heavy atom. The summed E-state index contributed by atoms with van der Waals surface area (Å²) in [6, 6.07) is 8.89. The minimum atomic E-state index is -0.183. The molecule has 0 unspecified atom stereocenters. The van der Waals surface area contributed by atoms with E-state index >= 15 is 0 Å². The van der Waals surface area contributed by atoms with Crippen molar-refractivity contribution in [1.82, 2.24) is 4.98 Å². The molecule has 3 N–H and O–H groups in total. The van der Waals surface area contributed by atoms with Gasteiger partial charge in [-0.3, -0.25) is 4.79 Å². The molecule has 0 aliphatic carbocycles. The van der Waals surface area contributed by atoms with Gasteiger partial charge in [0.05, 0.1) is 17.4 Å². The molecule has 1 heterocycles. The van der Waals surface area contributed by atoms with Crippen LogP contribution in [0, 0.1) is 6.92 Å². The van der Waals surface area contributed by atoms with Crippen molar-refractivity contribution >= 4 is 33.3 Å². The molecule has 0 aliphatic heterocycles. The molecule has 5 heteroatoms. The number of anilines is 2. The van der Waals surface area contributed by atoms with Crippen molar-refractivity contribution in [3.8, 4) is 0 Å². The first kappa shape index (κ1) is 12.6. The third-order valence-electron chi connectivity index (χ3n) is 2.48. The predicted molar refractivity (Wildman–Crippen MR) is 75.5 cm³/mol. The van der Waals surface area contributed by atoms with E-state index in [1.54, 1.807) is 18.2 Å². The number of halogens is 1. The second kappa shape index (κ2) is 5.18. The Labute approximate surface area is 113 Å². The Balaban J connectivity index is 2.22. The molecule has 0 atom stereocenters. The van der Waals surface area contributed by atoms with E-state index in [-0.39, 0.29) is 5.91 Å². The fourth-order valence-electron chi connectivity index (χ4n) is 1.50. The Kier molecular flexibility index (Phi) is 3.62. The number of nitrogens with one attached hydrogen (secondary N) is 1. The minimum absolute atomic E-state index is 0.183. The number of rotatable bonds is 2. The molecule has 0 saturated carbocycles. The van der Waals surface area contributed by atoms with E-state index < -0.39 is 0 Å². The Bertz CT molecular complexity index is 581. The highest BCUT2D eigenvalue weighted by Crippen LogP contribution is 2.22. The molecule has 1 aromatic heterocycles. The summed E-state index contributed by atoms with van der Waals surface area (Å²) >= 11 is 3.41. The van der Waals surface area contributed by atoms with Crippen LogP contribution in [-0.4, -0.2) is 10.9 Å². The molecule has 0 spiro atoms. The summed E-state index contributed by atoms with van der Waals surface area (Å²) in [6.45, 7) is 1.94. The third kappa shape index (κ3) is 2.68. The summed E-state index contributed by atoms with van der Waals surface area (Å²) < 4.78 is 0.797. The second-order valence-corrected chi connectivity index (χ2v) is 4.66. The SMILES string of the molecule is Cc1cccc(C(=O)Nc2ccc(N)nc2)c1Br. The van der Waals surface area contributed by atoms with Crippen molar-refractivity contribution in [2.24, 2.45) is 0 Å². The lowest BCUT2D eigenvalue weighted by atomic mass is 10.1. The molecule has 2 rings (SSSR count). The highest BCUT2D eigenvalue weighted by atomic mass is 79.9. The van der Waals surface area contributed by atoms with E-state index in [4.69, 9.17) is 5.73 Å². The molecule has 4 nitrogen and oxygen atoms in total. The molecule has 0 saturated heterocycles. The van der Waals surface area contributed by atoms with E-state index in [0.717, 1.165) is 10.0 Å². The van der Waals surface area contributed by atoms with Crippen LogP contribution in [-0.2, 0) is 0 Å². The molecule has 0 bridgehead atoms. The maximum Gasteiger partial charge on any atom is 0.256 e. The van der Waals surface area contributed by atoms with Crippen LogP contribution in [0.4, 0.5) is 11.5 Å². The van der Waals surface area contributed by atoms with Crippen LogP contribution in [0.25, 0.3) is 0 Å². The second-order valence-electron chi connectivity index (χ2n) is 3.86. The van der Waals surface area contributed by atoms with E-state index in [0.29, 0.717) is 17.1 Å². The number of amides is 1. The Morgan fingerprint density at radius 2 is 2.11 bits per heavy atom. The average Bonchev–Trinajstić information content (AvgIpc) is 2.35. The number of carbonyl (C=O) groups excluding carboxylic acids is 1. The van der Waals surface area contributed by atoms with Crippen molar-refractivity contribution in [3.05, 3.63) is 52.1 Å². The number of nitrogens with zero attached hydrogens (tertiary/aromatic N) is 1. The quantitative estimate of drug-likeness (QED) is 0.896. The van der Waals surface area contributed by atoms with Gasteiger partial charge in [-0.15, -0.1) is 0 Å². The van der Waals surface area contributed by atoms with Gasteiger partial charge in [0.25, 0.3) is 5.91 Å². The number of nitrogens with two attached hydrogens (primary N) is 1. The van der Waals surface area contributed by atoms with Crippen LogP contribution in [0.1, 0.15) is 15.9 Å². The molecule has 0 fully saturated rings. The fraction of sp³-hybridized carbons (Fsp3) is 0.0769. The highest BCUT2D eigenvalue weighted by Gasteiger charge is 2.11. The van der Waals surface area contributed by atoms with Crippen molar-refractivity contribution in [2.45, 2.75) is 6.92 Å². The summed E-state index contributed by atoms with van der Waals surface area (Å²) in [5.74, 6) is 0.238. The zero-order valence-corrected chi connectivity index (χ0v) is 11.4. The Morgan fingerprint density at radius 3 is 2.78 bits per heavy atom. The summed E-state index contributed by atoms with van der Waals surface area (Å²) in [5, 5.41) is 2.77. The maximum absolute atomic E-state index is 12.1. The van der Waals surface area contributed by atoms with Gasteiger partial charge in [0.15, 0.2) is 0 Å². The first-order valence-electron chi connectivity index (χ1n) is 5.36. The van der Waals surface area contributed by atoms with Gasteiger partial charge in [-0.2, -0.15) is 0 Å². The fourth-order valence-corrected chi connectivity index (χ4v) is 1.94. The van der Waals surface area contributed by atoms with Crippen molar-refractivity contribution in [1.29, 1.82) is 0 Å². The summed E-state index contributed by atoms with van der Waals surface area (Å²) in [4.78, 5) is 16.0. The zero-order chi connectivity index (χ0) is 13.1. The van der Waals surface area contributed by atoms with Crippen molar-refractivity contribution < 1.29 is 4.79 Å².